The molecule has 1 heterocycles. The van der Waals surface area contributed by atoms with E-state index in [-0.39, 0.29) is 5.91 Å². The van der Waals surface area contributed by atoms with E-state index in [9.17, 15) is 4.79 Å². The van der Waals surface area contributed by atoms with E-state index < -0.39 is 0 Å². The molecule has 114 valence electrons. The van der Waals surface area contributed by atoms with Crippen LogP contribution < -0.4 is 11.3 Å². The maximum absolute atomic E-state index is 12.1. The summed E-state index contributed by atoms with van der Waals surface area (Å²) in [6.45, 7) is 7.25. The van der Waals surface area contributed by atoms with Crippen LogP contribution >= 0.6 is 11.3 Å². The average molecular weight is 305 g/mol. The molecule has 5 heteroatoms. The summed E-state index contributed by atoms with van der Waals surface area (Å²) in [7, 11) is 0. The van der Waals surface area contributed by atoms with Gasteiger partial charge >= 0.3 is 0 Å². The van der Waals surface area contributed by atoms with Crippen molar-refractivity contribution in [2.45, 2.75) is 33.2 Å². The van der Waals surface area contributed by atoms with Gasteiger partial charge in [0, 0.05) is 11.2 Å². The third kappa shape index (κ3) is 3.61. The van der Waals surface area contributed by atoms with E-state index in [0.29, 0.717) is 0 Å². The van der Waals surface area contributed by atoms with Crippen molar-refractivity contribution in [2.24, 2.45) is 5.84 Å². The molecule has 1 amide bonds. The fraction of sp³-hybridized carbons (Fsp3) is 0.438. The fourth-order valence-corrected chi connectivity index (χ4v) is 3.75. The van der Waals surface area contributed by atoms with Crippen LogP contribution in [0.2, 0.25) is 0 Å². The zero-order valence-corrected chi connectivity index (χ0v) is 13.5. The summed E-state index contributed by atoms with van der Waals surface area (Å²) < 4.78 is 1.14. The number of nitrogens with two attached hydrogens (primary N) is 1. The fourth-order valence-electron chi connectivity index (χ4n) is 2.63. The molecule has 0 radical (unpaired) electrons. The molecule has 0 spiro atoms. The highest BCUT2D eigenvalue weighted by molar-refractivity contribution is 7.21. The van der Waals surface area contributed by atoms with Crippen molar-refractivity contribution in [1.29, 1.82) is 0 Å². The molecule has 21 heavy (non-hydrogen) atoms. The van der Waals surface area contributed by atoms with Crippen molar-refractivity contribution < 1.29 is 4.79 Å². The predicted molar refractivity (Wildman–Crippen MR) is 89.3 cm³/mol. The number of nitrogens with one attached hydrogen (secondary N) is 1. The molecule has 2 aromatic rings. The van der Waals surface area contributed by atoms with Crippen LogP contribution in [0.15, 0.2) is 24.3 Å². The third-order valence-electron chi connectivity index (χ3n) is 3.50. The summed E-state index contributed by atoms with van der Waals surface area (Å²) in [5.74, 6) is 5.14. The first-order valence-electron chi connectivity index (χ1n) is 7.44. The highest BCUT2D eigenvalue weighted by Crippen LogP contribution is 2.32. The second kappa shape index (κ2) is 7.54. The Morgan fingerprint density at radius 3 is 2.52 bits per heavy atom. The lowest BCUT2D eigenvalue weighted by Gasteiger charge is -2.21. The molecule has 0 unspecified atom stereocenters. The maximum atomic E-state index is 12.1. The van der Waals surface area contributed by atoms with Gasteiger partial charge in [0.25, 0.3) is 5.91 Å². The summed E-state index contributed by atoms with van der Waals surface area (Å²) >= 11 is 1.52. The number of amides is 1. The van der Waals surface area contributed by atoms with E-state index in [0.717, 1.165) is 47.6 Å². The van der Waals surface area contributed by atoms with Gasteiger partial charge in [-0.25, -0.2) is 5.84 Å². The smallest absolute Gasteiger partial charge is 0.275 e. The van der Waals surface area contributed by atoms with Gasteiger partial charge < -0.3 is 0 Å². The van der Waals surface area contributed by atoms with E-state index >= 15 is 0 Å². The Balaban J connectivity index is 2.41. The number of benzene rings is 1. The van der Waals surface area contributed by atoms with Gasteiger partial charge in [-0.15, -0.1) is 11.3 Å². The number of carbonyl (C=O) groups is 1. The largest absolute Gasteiger partial charge is 0.299 e. The van der Waals surface area contributed by atoms with Crippen molar-refractivity contribution in [2.75, 3.05) is 13.1 Å². The van der Waals surface area contributed by atoms with Gasteiger partial charge in [-0.1, -0.05) is 32.0 Å². The van der Waals surface area contributed by atoms with Gasteiger partial charge in [-0.3, -0.25) is 15.1 Å². The molecule has 0 bridgehead atoms. The molecule has 0 aliphatic rings. The minimum Gasteiger partial charge on any atom is -0.299 e. The van der Waals surface area contributed by atoms with Gasteiger partial charge in [0.1, 0.15) is 0 Å². The number of rotatable bonds is 7. The standard InChI is InChI=1S/C16H23N3OS/c1-3-9-19(10-4-2)11-13-12-7-5-6-8-14(12)21-15(13)16(20)18-17/h5-8H,3-4,9-11,17H2,1-2H3,(H,18,20). The van der Waals surface area contributed by atoms with Crippen LogP contribution in [0.25, 0.3) is 10.1 Å². The van der Waals surface area contributed by atoms with Crippen molar-refractivity contribution in [3.8, 4) is 0 Å². The third-order valence-corrected chi connectivity index (χ3v) is 4.71. The van der Waals surface area contributed by atoms with Crippen LogP contribution in [0.4, 0.5) is 0 Å². The molecule has 0 atom stereocenters. The van der Waals surface area contributed by atoms with Gasteiger partial charge in [0.15, 0.2) is 0 Å². The number of fused-ring (bicyclic) bond motifs is 1. The Kier molecular flexibility index (Phi) is 5.73. The Labute approximate surface area is 129 Å². The topological polar surface area (TPSA) is 58.4 Å². The Morgan fingerprint density at radius 1 is 1.24 bits per heavy atom. The van der Waals surface area contributed by atoms with Gasteiger partial charge in [0.2, 0.25) is 0 Å². The highest BCUT2D eigenvalue weighted by Gasteiger charge is 2.19. The van der Waals surface area contributed by atoms with Gasteiger partial charge in [0.05, 0.1) is 4.88 Å². The lowest BCUT2D eigenvalue weighted by molar-refractivity contribution is 0.0956. The summed E-state index contributed by atoms with van der Waals surface area (Å²) in [5, 5.41) is 1.17. The normalized spacial score (nSPS) is 11.2. The molecule has 0 fully saturated rings. The first-order chi connectivity index (χ1) is 10.2. The highest BCUT2D eigenvalue weighted by atomic mass is 32.1. The molecule has 1 aromatic heterocycles. The monoisotopic (exact) mass is 305 g/mol. The first kappa shape index (κ1) is 15.9. The van der Waals surface area contributed by atoms with Crippen LogP contribution in [0, 0.1) is 0 Å². The Hall–Kier alpha value is -1.43. The van der Waals surface area contributed by atoms with Crippen molar-refractivity contribution in [1.82, 2.24) is 10.3 Å². The lowest BCUT2D eigenvalue weighted by atomic mass is 10.1. The number of thiophene rings is 1. The van der Waals surface area contributed by atoms with E-state index in [1.165, 1.54) is 16.7 Å². The van der Waals surface area contributed by atoms with E-state index in [1.807, 2.05) is 12.1 Å². The van der Waals surface area contributed by atoms with Crippen LogP contribution in [-0.4, -0.2) is 23.9 Å². The van der Waals surface area contributed by atoms with Gasteiger partial charge in [-0.2, -0.15) is 0 Å². The maximum Gasteiger partial charge on any atom is 0.275 e. The Morgan fingerprint density at radius 2 is 1.90 bits per heavy atom. The zero-order chi connectivity index (χ0) is 15.2. The van der Waals surface area contributed by atoms with Gasteiger partial charge in [-0.05, 0) is 42.9 Å². The molecule has 4 nitrogen and oxygen atoms in total. The lowest BCUT2D eigenvalue weighted by Crippen LogP contribution is -2.31. The zero-order valence-electron chi connectivity index (χ0n) is 12.7. The molecule has 1 aromatic carbocycles. The second-order valence-corrected chi connectivity index (χ2v) is 6.21. The van der Waals surface area contributed by atoms with Crippen LogP contribution in [0.5, 0.6) is 0 Å². The quantitative estimate of drug-likeness (QED) is 0.469. The number of nitrogen functional groups attached to an aromatic ring is 1. The molecule has 0 saturated heterocycles. The minimum atomic E-state index is -0.195. The van der Waals surface area contributed by atoms with E-state index in [4.69, 9.17) is 5.84 Å². The van der Waals surface area contributed by atoms with Crippen molar-refractivity contribution >= 4 is 27.3 Å². The Bertz CT molecular complexity index is 603. The van der Waals surface area contributed by atoms with E-state index in [1.54, 1.807) is 0 Å². The second-order valence-electron chi connectivity index (χ2n) is 5.16. The SMILES string of the molecule is CCCN(CCC)Cc1c(C(=O)NN)sc2ccccc12. The van der Waals surface area contributed by atoms with Crippen LogP contribution in [-0.2, 0) is 6.54 Å². The molecule has 0 saturated carbocycles. The predicted octanol–water partition coefficient (Wildman–Crippen LogP) is 3.13. The molecule has 2 rings (SSSR count). The first-order valence-corrected chi connectivity index (χ1v) is 8.26. The summed E-state index contributed by atoms with van der Waals surface area (Å²) in [5.41, 5.74) is 3.37. The molecule has 3 N–H and O–H groups in total. The van der Waals surface area contributed by atoms with Crippen LogP contribution in [0.3, 0.4) is 0 Å². The number of hydrazine groups is 1. The number of hydrogen-bond acceptors (Lipinski definition) is 4. The van der Waals surface area contributed by atoms with Crippen molar-refractivity contribution in [3.05, 3.63) is 34.7 Å². The summed E-state index contributed by atoms with van der Waals surface area (Å²) in [4.78, 5) is 15.2. The summed E-state index contributed by atoms with van der Waals surface area (Å²) in [6, 6.07) is 8.17. The summed E-state index contributed by atoms with van der Waals surface area (Å²) in [6.07, 6.45) is 2.22. The molecular weight excluding hydrogens is 282 g/mol. The molecular formula is C16H23N3OS. The number of carbonyl (C=O) groups excluding carboxylic acids is 1. The minimum absolute atomic E-state index is 0.195. The average Bonchev–Trinajstić information content (AvgIpc) is 2.86. The van der Waals surface area contributed by atoms with E-state index in [2.05, 4.69) is 36.3 Å². The van der Waals surface area contributed by atoms with Crippen LogP contribution in [0.1, 0.15) is 41.9 Å². The number of nitrogens with zero attached hydrogens (tertiary/aromatic N) is 1. The number of hydrogen-bond donors (Lipinski definition) is 2. The van der Waals surface area contributed by atoms with Crippen molar-refractivity contribution in [3.63, 3.8) is 0 Å². The molecule has 0 aliphatic carbocycles. The molecule has 0 aliphatic heterocycles.